The Kier molecular flexibility index (Phi) is 3.98. The average Bonchev–Trinajstić information content (AvgIpc) is 2.89. The van der Waals surface area contributed by atoms with Gasteiger partial charge in [0.2, 0.25) is 0 Å². The third-order valence-corrected chi connectivity index (χ3v) is 3.81. The van der Waals surface area contributed by atoms with Gasteiger partial charge in [0.05, 0.1) is 16.3 Å². The molecule has 0 bridgehead atoms. The summed E-state index contributed by atoms with van der Waals surface area (Å²) >= 11 is 6.09. The standard InChI is InChI=1S/C18H15ClN2O/c1-13-11-12-17(14-7-3-2-4-8-14)21(13)20-18(22)15-9-5-6-10-16(15)19/h2-12H,1H3,(H,20,22). The van der Waals surface area contributed by atoms with E-state index >= 15 is 0 Å². The molecule has 0 aliphatic carbocycles. The summed E-state index contributed by atoms with van der Waals surface area (Å²) in [5.41, 5.74) is 6.27. The van der Waals surface area contributed by atoms with Gasteiger partial charge in [0.25, 0.3) is 5.91 Å². The Morgan fingerprint density at radius 2 is 1.64 bits per heavy atom. The molecule has 3 aromatic rings. The average molecular weight is 311 g/mol. The number of aryl methyl sites for hydroxylation is 1. The number of nitrogens with one attached hydrogen (secondary N) is 1. The smallest absolute Gasteiger partial charge is 0.267 e. The van der Waals surface area contributed by atoms with Crippen molar-refractivity contribution in [3.8, 4) is 11.3 Å². The number of halogens is 1. The minimum atomic E-state index is -0.234. The van der Waals surface area contributed by atoms with E-state index in [1.54, 1.807) is 28.9 Å². The second kappa shape index (κ2) is 6.08. The number of benzene rings is 2. The van der Waals surface area contributed by atoms with Gasteiger partial charge in [-0.3, -0.25) is 14.9 Å². The molecule has 22 heavy (non-hydrogen) atoms. The Morgan fingerprint density at radius 1 is 0.955 bits per heavy atom. The monoisotopic (exact) mass is 310 g/mol. The number of hydrogen-bond donors (Lipinski definition) is 1. The fourth-order valence-electron chi connectivity index (χ4n) is 2.33. The van der Waals surface area contributed by atoms with Crippen LogP contribution in [0.25, 0.3) is 11.3 Å². The molecule has 0 atom stereocenters. The fourth-order valence-corrected chi connectivity index (χ4v) is 2.55. The topological polar surface area (TPSA) is 34.0 Å². The van der Waals surface area contributed by atoms with Crippen LogP contribution in [0.15, 0.2) is 66.7 Å². The number of aromatic nitrogens is 1. The highest BCUT2D eigenvalue weighted by Gasteiger charge is 2.13. The van der Waals surface area contributed by atoms with E-state index in [0.29, 0.717) is 10.6 Å². The van der Waals surface area contributed by atoms with E-state index in [-0.39, 0.29) is 5.91 Å². The van der Waals surface area contributed by atoms with Gasteiger partial charge in [-0.1, -0.05) is 54.1 Å². The van der Waals surface area contributed by atoms with Gasteiger partial charge in [0, 0.05) is 11.3 Å². The lowest BCUT2D eigenvalue weighted by molar-refractivity contribution is 0.101. The van der Waals surface area contributed by atoms with Crippen molar-refractivity contribution < 1.29 is 4.79 Å². The molecule has 1 amide bonds. The van der Waals surface area contributed by atoms with Crippen LogP contribution < -0.4 is 5.43 Å². The summed E-state index contributed by atoms with van der Waals surface area (Å²) < 4.78 is 1.78. The second-order valence-electron chi connectivity index (χ2n) is 4.98. The highest BCUT2D eigenvalue weighted by Crippen LogP contribution is 2.22. The molecule has 3 rings (SSSR count). The quantitative estimate of drug-likeness (QED) is 0.759. The Labute approximate surface area is 134 Å². The maximum Gasteiger partial charge on any atom is 0.271 e. The van der Waals surface area contributed by atoms with Crippen LogP contribution in [0, 0.1) is 6.92 Å². The summed E-state index contributed by atoms with van der Waals surface area (Å²) in [5.74, 6) is -0.234. The molecule has 4 heteroatoms. The van der Waals surface area contributed by atoms with Gasteiger partial charge in [0.1, 0.15) is 0 Å². The van der Waals surface area contributed by atoms with E-state index in [9.17, 15) is 4.79 Å². The summed E-state index contributed by atoms with van der Waals surface area (Å²) in [6.45, 7) is 1.94. The Morgan fingerprint density at radius 3 is 2.36 bits per heavy atom. The summed E-state index contributed by atoms with van der Waals surface area (Å²) in [4.78, 5) is 12.5. The van der Waals surface area contributed by atoms with Gasteiger partial charge in [-0.2, -0.15) is 0 Å². The highest BCUT2D eigenvalue weighted by atomic mass is 35.5. The number of carbonyl (C=O) groups excluding carboxylic acids is 1. The molecule has 0 aliphatic heterocycles. The van der Waals surface area contributed by atoms with Crippen molar-refractivity contribution in [2.45, 2.75) is 6.92 Å². The van der Waals surface area contributed by atoms with Crippen LogP contribution in [0.3, 0.4) is 0 Å². The van der Waals surface area contributed by atoms with Crippen molar-refractivity contribution in [3.63, 3.8) is 0 Å². The van der Waals surface area contributed by atoms with Crippen LogP contribution in [0.2, 0.25) is 5.02 Å². The van der Waals surface area contributed by atoms with E-state index in [1.807, 2.05) is 49.4 Å². The first kappa shape index (κ1) is 14.4. The minimum absolute atomic E-state index is 0.234. The third-order valence-electron chi connectivity index (χ3n) is 3.48. The van der Waals surface area contributed by atoms with Crippen LogP contribution in [0.5, 0.6) is 0 Å². The lowest BCUT2D eigenvalue weighted by Crippen LogP contribution is -2.24. The zero-order chi connectivity index (χ0) is 15.5. The predicted octanol–water partition coefficient (Wildman–Crippen LogP) is 4.50. The van der Waals surface area contributed by atoms with Crippen LogP contribution in [-0.2, 0) is 0 Å². The number of rotatable bonds is 3. The first-order valence-electron chi connectivity index (χ1n) is 6.96. The fraction of sp³-hybridized carbons (Fsp3) is 0.0556. The third kappa shape index (κ3) is 2.76. The molecule has 0 aliphatic rings. The van der Waals surface area contributed by atoms with Crippen LogP contribution in [-0.4, -0.2) is 10.6 Å². The molecule has 2 aromatic carbocycles. The lowest BCUT2D eigenvalue weighted by Gasteiger charge is -2.14. The van der Waals surface area contributed by atoms with Gasteiger partial charge in [-0.25, -0.2) is 0 Å². The Balaban J connectivity index is 1.95. The van der Waals surface area contributed by atoms with E-state index in [4.69, 9.17) is 11.6 Å². The zero-order valence-corrected chi connectivity index (χ0v) is 12.8. The molecule has 0 saturated carbocycles. The second-order valence-corrected chi connectivity index (χ2v) is 5.39. The van der Waals surface area contributed by atoms with Gasteiger partial charge in [0.15, 0.2) is 0 Å². The SMILES string of the molecule is Cc1ccc(-c2ccccc2)n1NC(=O)c1ccccc1Cl. The molecule has 0 fully saturated rings. The van der Waals surface area contributed by atoms with Crippen molar-refractivity contribution in [2.75, 3.05) is 5.43 Å². The van der Waals surface area contributed by atoms with E-state index < -0.39 is 0 Å². The van der Waals surface area contributed by atoms with Gasteiger partial charge < -0.3 is 0 Å². The molecule has 110 valence electrons. The van der Waals surface area contributed by atoms with Crippen LogP contribution >= 0.6 is 11.6 Å². The highest BCUT2D eigenvalue weighted by molar-refractivity contribution is 6.34. The van der Waals surface area contributed by atoms with E-state index in [0.717, 1.165) is 17.0 Å². The van der Waals surface area contributed by atoms with Crippen molar-refractivity contribution in [1.29, 1.82) is 0 Å². The number of hydrogen-bond acceptors (Lipinski definition) is 1. The maximum atomic E-state index is 12.5. The molecule has 0 unspecified atom stereocenters. The molecule has 1 aromatic heterocycles. The van der Waals surface area contributed by atoms with Gasteiger partial charge >= 0.3 is 0 Å². The van der Waals surface area contributed by atoms with E-state index in [1.165, 1.54) is 0 Å². The van der Waals surface area contributed by atoms with Gasteiger partial charge in [-0.15, -0.1) is 0 Å². The van der Waals surface area contributed by atoms with E-state index in [2.05, 4.69) is 5.43 Å². The number of amides is 1. The van der Waals surface area contributed by atoms with Crippen LogP contribution in [0.1, 0.15) is 16.1 Å². The summed E-state index contributed by atoms with van der Waals surface area (Å²) in [6, 6.07) is 20.9. The minimum Gasteiger partial charge on any atom is -0.267 e. The largest absolute Gasteiger partial charge is 0.271 e. The molecule has 1 heterocycles. The molecule has 1 N–H and O–H groups in total. The van der Waals surface area contributed by atoms with Crippen molar-refractivity contribution >= 4 is 17.5 Å². The molecule has 0 radical (unpaired) electrons. The normalized spacial score (nSPS) is 10.5. The molecule has 0 saturated heterocycles. The zero-order valence-electron chi connectivity index (χ0n) is 12.1. The van der Waals surface area contributed by atoms with Gasteiger partial charge in [-0.05, 0) is 31.2 Å². The van der Waals surface area contributed by atoms with Crippen LogP contribution in [0.4, 0.5) is 0 Å². The summed E-state index contributed by atoms with van der Waals surface area (Å²) in [6.07, 6.45) is 0. The molecule has 0 spiro atoms. The van der Waals surface area contributed by atoms with Crippen molar-refractivity contribution in [2.24, 2.45) is 0 Å². The maximum absolute atomic E-state index is 12.5. The van der Waals surface area contributed by atoms with Crippen molar-refractivity contribution in [1.82, 2.24) is 4.68 Å². The molecular formula is C18H15ClN2O. The number of nitrogens with zero attached hydrogens (tertiary/aromatic N) is 1. The molecular weight excluding hydrogens is 296 g/mol. The summed E-state index contributed by atoms with van der Waals surface area (Å²) in [5, 5.41) is 0.436. The first-order valence-corrected chi connectivity index (χ1v) is 7.34. The Bertz CT molecular complexity index is 809. The lowest BCUT2D eigenvalue weighted by atomic mass is 10.2. The summed E-state index contributed by atoms with van der Waals surface area (Å²) in [7, 11) is 0. The first-order chi connectivity index (χ1) is 10.7. The Hall–Kier alpha value is -2.52. The predicted molar refractivity (Wildman–Crippen MR) is 89.7 cm³/mol. The van der Waals surface area contributed by atoms with Crippen molar-refractivity contribution in [3.05, 3.63) is 83.0 Å². The molecule has 3 nitrogen and oxygen atoms in total. The number of carbonyl (C=O) groups is 1.